The van der Waals surface area contributed by atoms with Gasteiger partial charge in [-0.3, -0.25) is 10.0 Å². The van der Waals surface area contributed by atoms with Crippen LogP contribution in [0.15, 0.2) is 48.7 Å². The van der Waals surface area contributed by atoms with Crippen LogP contribution in [0.25, 0.3) is 11.0 Å². The van der Waals surface area contributed by atoms with Crippen molar-refractivity contribution in [2.75, 3.05) is 7.11 Å². The zero-order valence-electron chi connectivity index (χ0n) is 16.2. The minimum absolute atomic E-state index is 0.342. The molecule has 1 aromatic carbocycles. The van der Waals surface area contributed by atoms with Crippen LogP contribution >= 0.6 is 0 Å². The predicted molar refractivity (Wildman–Crippen MR) is 107 cm³/mol. The van der Waals surface area contributed by atoms with E-state index in [-0.39, 0.29) is 5.91 Å². The van der Waals surface area contributed by atoms with Crippen molar-refractivity contribution in [1.29, 1.82) is 0 Å². The number of ether oxygens (including phenoxy) is 2. The third-order valence-corrected chi connectivity index (χ3v) is 5.62. The molecule has 0 aliphatic heterocycles. The second-order valence-electron chi connectivity index (χ2n) is 7.24. The summed E-state index contributed by atoms with van der Waals surface area (Å²) in [6, 6.07) is 12.9. The van der Waals surface area contributed by atoms with E-state index >= 15 is 0 Å². The Bertz CT molecular complexity index is 1010. The summed E-state index contributed by atoms with van der Waals surface area (Å²) in [6.45, 7) is 0. The Hall–Kier alpha value is -3.19. The molecule has 2 heterocycles. The monoisotopic (exact) mass is 393 g/mol. The topological polar surface area (TPSA) is 93.6 Å². The maximum absolute atomic E-state index is 12.4. The quantitative estimate of drug-likeness (QED) is 0.500. The van der Waals surface area contributed by atoms with Crippen LogP contribution in [-0.4, -0.2) is 28.2 Å². The zero-order chi connectivity index (χ0) is 20.3. The fourth-order valence-electron chi connectivity index (χ4n) is 4.07. The van der Waals surface area contributed by atoms with Crippen molar-refractivity contribution in [1.82, 2.24) is 15.4 Å². The summed E-state index contributed by atoms with van der Waals surface area (Å²) in [4.78, 5) is 21.0. The molecular weight excluding hydrogens is 370 g/mol. The van der Waals surface area contributed by atoms with Crippen molar-refractivity contribution in [2.24, 2.45) is 0 Å². The number of rotatable bonds is 5. The van der Waals surface area contributed by atoms with E-state index in [2.05, 4.69) is 9.97 Å². The maximum Gasteiger partial charge on any atom is 0.253 e. The van der Waals surface area contributed by atoms with Crippen LogP contribution in [0, 0.1) is 0 Å². The maximum atomic E-state index is 12.4. The SMILES string of the molecule is COc1ccc2c(Oc3ccc(C4(C(=O)NO)CCCCC4)cc3)ccnc2n1. The summed E-state index contributed by atoms with van der Waals surface area (Å²) in [5, 5.41) is 10.0. The minimum Gasteiger partial charge on any atom is -0.481 e. The first-order valence-electron chi connectivity index (χ1n) is 9.69. The molecule has 2 aromatic heterocycles. The van der Waals surface area contributed by atoms with Crippen molar-refractivity contribution in [2.45, 2.75) is 37.5 Å². The second-order valence-corrected chi connectivity index (χ2v) is 7.24. The molecule has 1 aliphatic carbocycles. The van der Waals surface area contributed by atoms with Gasteiger partial charge in [0.15, 0.2) is 5.65 Å². The summed E-state index contributed by atoms with van der Waals surface area (Å²) in [6.07, 6.45) is 6.12. The van der Waals surface area contributed by atoms with Crippen LogP contribution in [0.3, 0.4) is 0 Å². The number of nitrogens with zero attached hydrogens (tertiary/aromatic N) is 2. The molecule has 0 spiro atoms. The van der Waals surface area contributed by atoms with E-state index < -0.39 is 5.41 Å². The Kier molecular flexibility index (Phi) is 5.31. The number of hydrogen-bond acceptors (Lipinski definition) is 6. The molecule has 1 fully saturated rings. The number of benzene rings is 1. The fourth-order valence-corrected chi connectivity index (χ4v) is 4.07. The van der Waals surface area contributed by atoms with E-state index in [9.17, 15) is 10.0 Å². The summed E-state index contributed by atoms with van der Waals surface area (Å²) in [5.41, 5.74) is 2.61. The van der Waals surface area contributed by atoms with Gasteiger partial charge in [-0.25, -0.2) is 10.5 Å². The summed E-state index contributed by atoms with van der Waals surface area (Å²) in [5.74, 6) is 1.43. The lowest BCUT2D eigenvalue weighted by molar-refractivity contribution is -0.136. The van der Waals surface area contributed by atoms with Gasteiger partial charge in [-0.15, -0.1) is 0 Å². The van der Waals surface area contributed by atoms with Gasteiger partial charge in [0, 0.05) is 12.3 Å². The number of methoxy groups -OCH3 is 1. The number of amides is 1. The first kappa shape index (κ1) is 19.1. The van der Waals surface area contributed by atoms with Crippen LogP contribution in [0.2, 0.25) is 0 Å². The van der Waals surface area contributed by atoms with Crippen LogP contribution in [0.4, 0.5) is 0 Å². The van der Waals surface area contributed by atoms with Crippen molar-refractivity contribution in [3.8, 4) is 17.4 Å². The molecule has 7 heteroatoms. The lowest BCUT2D eigenvalue weighted by Crippen LogP contribution is -2.44. The average Bonchev–Trinajstić information content (AvgIpc) is 2.79. The van der Waals surface area contributed by atoms with Crippen molar-refractivity contribution in [3.05, 3.63) is 54.2 Å². The molecule has 7 nitrogen and oxygen atoms in total. The van der Waals surface area contributed by atoms with Gasteiger partial charge in [-0.1, -0.05) is 31.4 Å². The molecular formula is C22H23N3O4. The van der Waals surface area contributed by atoms with Gasteiger partial charge in [0.05, 0.1) is 17.9 Å². The van der Waals surface area contributed by atoms with Gasteiger partial charge < -0.3 is 9.47 Å². The van der Waals surface area contributed by atoms with Crippen molar-refractivity contribution < 1.29 is 19.5 Å². The highest BCUT2D eigenvalue weighted by atomic mass is 16.5. The summed E-state index contributed by atoms with van der Waals surface area (Å²) >= 11 is 0. The van der Waals surface area contributed by atoms with E-state index in [4.69, 9.17) is 9.47 Å². The third-order valence-electron chi connectivity index (χ3n) is 5.62. The highest BCUT2D eigenvalue weighted by molar-refractivity contribution is 5.87. The molecule has 0 saturated heterocycles. The predicted octanol–water partition coefficient (Wildman–Crippen LogP) is 4.14. The largest absolute Gasteiger partial charge is 0.481 e. The number of nitrogens with one attached hydrogen (secondary N) is 1. The highest BCUT2D eigenvalue weighted by Crippen LogP contribution is 2.40. The molecule has 0 atom stereocenters. The first-order valence-corrected chi connectivity index (χ1v) is 9.69. The van der Waals surface area contributed by atoms with Gasteiger partial charge >= 0.3 is 0 Å². The fraction of sp³-hybridized carbons (Fsp3) is 0.318. The highest BCUT2D eigenvalue weighted by Gasteiger charge is 2.41. The Balaban J connectivity index is 1.62. The second kappa shape index (κ2) is 8.05. The van der Waals surface area contributed by atoms with Crippen LogP contribution < -0.4 is 15.0 Å². The zero-order valence-corrected chi connectivity index (χ0v) is 16.2. The molecule has 1 amide bonds. The molecule has 3 aromatic rings. The van der Waals surface area contributed by atoms with Crippen LogP contribution in [-0.2, 0) is 10.2 Å². The molecule has 2 N–H and O–H groups in total. The van der Waals surface area contributed by atoms with Crippen LogP contribution in [0.1, 0.15) is 37.7 Å². The van der Waals surface area contributed by atoms with Crippen LogP contribution in [0.5, 0.6) is 17.4 Å². The van der Waals surface area contributed by atoms with E-state index in [0.29, 0.717) is 23.0 Å². The number of pyridine rings is 2. The molecule has 4 rings (SSSR count). The Morgan fingerprint density at radius 3 is 2.52 bits per heavy atom. The molecule has 1 saturated carbocycles. The van der Waals surface area contributed by atoms with Crippen molar-refractivity contribution in [3.63, 3.8) is 0 Å². The van der Waals surface area contributed by atoms with Gasteiger partial charge in [0.2, 0.25) is 5.88 Å². The number of hydroxylamine groups is 1. The van der Waals surface area contributed by atoms with E-state index in [1.165, 1.54) is 0 Å². The Labute approximate surface area is 168 Å². The lowest BCUT2D eigenvalue weighted by atomic mass is 9.69. The molecule has 29 heavy (non-hydrogen) atoms. The van der Waals surface area contributed by atoms with Crippen molar-refractivity contribution >= 4 is 16.9 Å². The molecule has 0 radical (unpaired) electrons. The number of carbonyl (C=O) groups excluding carboxylic acids is 1. The van der Waals surface area contributed by atoms with E-state index in [1.807, 2.05) is 35.8 Å². The Morgan fingerprint density at radius 1 is 1.07 bits per heavy atom. The number of aromatic nitrogens is 2. The molecule has 1 aliphatic rings. The standard InChI is InChI=1S/C22H23N3O4/c1-28-19-10-9-17-18(11-14-23-20(17)24-19)29-16-7-5-15(6-8-16)22(21(26)25-27)12-3-2-4-13-22/h5-11,14,27H,2-4,12-13H2,1H3,(H,25,26). The molecule has 150 valence electrons. The third kappa shape index (κ3) is 3.61. The average molecular weight is 393 g/mol. The number of fused-ring (bicyclic) bond motifs is 1. The molecule has 0 bridgehead atoms. The Morgan fingerprint density at radius 2 is 1.83 bits per heavy atom. The molecule has 0 unspecified atom stereocenters. The first-order chi connectivity index (χ1) is 14.2. The summed E-state index contributed by atoms with van der Waals surface area (Å²) in [7, 11) is 1.56. The minimum atomic E-state index is -0.685. The van der Waals surface area contributed by atoms with E-state index in [1.54, 1.807) is 25.4 Å². The van der Waals surface area contributed by atoms with E-state index in [0.717, 1.165) is 43.1 Å². The van der Waals surface area contributed by atoms with Gasteiger partial charge in [-0.2, -0.15) is 4.98 Å². The summed E-state index contributed by atoms with van der Waals surface area (Å²) < 4.78 is 11.2. The lowest BCUT2D eigenvalue weighted by Gasteiger charge is -2.35. The normalized spacial score (nSPS) is 15.7. The van der Waals surface area contributed by atoms with Gasteiger partial charge in [0.25, 0.3) is 5.91 Å². The number of hydrogen-bond donors (Lipinski definition) is 2. The number of carbonyl (C=O) groups is 1. The smallest absolute Gasteiger partial charge is 0.253 e. The van der Waals surface area contributed by atoms with Gasteiger partial charge in [-0.05, 0) is 42.7 Å². The van der Waals surface area contributed by atoms with Gasteiger partial charge in [0.1, 0.15) is 11.5 Å².